The smallest absolute Gasteiger partial charge is 0.171 e. The van der Waals surface area contributed by atoms with Gasteiger partial charge in [-0.1, -0.05) is 18.5 Å². The molecule has 5 heteroatoms. The van der Waals surface area contributed by atoms with E-state index in [1.807, 2.05) is 0 Å². The zero-order valence-electron chi connectivity index (χ0n) is 10.4. The molecule has 0 bridgehead atoms. The maximum absolute atomic E-state index is 5.97. The van der Waals surface area contributed by atoms with Crippen molar-refractivity contribution in [3.63, 3.8) is 0 Å². The number of aromatic nitrogens is 2. The van der Waals surface area contributed by atoms with Crippen LogP contribution >= 0.6 is 11.6 Å². The van der Waals surface area contributed by atoms with Crippen LogP contribution < -0.4 is 5.32 Å². The zero-order valence-corrected chi connectivity index (χ0v) is 11.2. The average Bonchev–Trinajstić information content (AvgIpc) is 2.33. The summed E-state index contributed by atoms with van der Waals surface area (Å²) in [5, 5.41) is 3.76. The predicted molar refractivity (Wildman–Crippen MR) is 70.4 cm³/mol. The molecule has 17 heavy (non-hydrogen) atoms. The molecular formula is C12H19ClN4. The van der Waals surface area contributed by atoms with Crippen LogP contribution in [0.3, 0.4) is 0 Å². The third kappa shape index (κ3) is 3.30. The lowest BCUT2D eigenvalue weighted by Gasteiger charge is -2.38. The normalized spacial score (nSPS) is 20.2. The van der Waals surface area contributed by atoms with Gasteiger partial charge >= 0.3 is 0 Å². The van der Waals surface area contributed by atoms with Crippen molar-refractivity contribution in [2.45, 2.75) is 19.8 Å². The van der Waals surface area contributed by atoms with Crippen LogP contribution in [0.15, 0.2) is 12.4 Å². The Morgan fingerprint density at radius 2 is 2.00 bits per heavy atom. The third-order valence-corrected chi connectivity index (χ3v) is 3.81. The molecule has 1 N–H and O–H groups in total. The maximum Gasteiger partial charge on any atom is 0.171 e. The summed E-state index contributed by atoms with van der Waals surface area (Å²) in [6.45, 7) is 5.54. The molecule has 4 nitrogen and oxygen atoms in total. The lowest BCUT2D eigenvalue weighted by Crippen LogP contribution is -2.40. The number of anilines is 1. The summed E-state index contributed by atoms with van der Waals surface area (Å²) in [5.41, 5.74) is 0.327. The van der Waals surface area contributed by atoms with Crippen molar-refractivity contribution in [3.8, 4) is 0 Å². The van der Waals surface area contributed by atoms with E-state index in [0.29, 0.717) is 16.4 Å². The fourth-order valence-corrected chi connectivity index (χ4v) is 2.24. The summed E-state index contributed by atoms with van der Waals surface area (Å²) in [4.78, 5) is 10.6. The second kappa shape index (κ2) is 5.19. The second-order valence-electron chi connectivity index (χ2n) is 5.16. The Kier molecular flexibility index (Phi) is 3.84. The number of rotatable bonds is 3. The average molecular weight is 255 g/mol. The van der Waals surface area contributed by atoms with Crippen molar-refractivity contribution < 1.29 is 0 Å². The summed E-state index contributed by atoms with van der Waals surface area (Å²) in [7, 11) is 2.17. The van der Waals surface area contributed by atoms with Gasteiger partial charge in [0.05, 0.1) is 0 Å². The largest absolute Gasteiger partial charge is 0.367 e. The number of halogens is 1. The van der Waals surface area contributed by atoms with Gasteiger partial charge in [0.15, 0.2) is 11.0 Å². The molecule has 94 valence electrons. The summed E-state index contributed by atoms with van der Waals surface area (Å²) in [6, 6.07) is 0. The molecule has 1 saturated heterocycles. The van der Waals surface area contributed by atoms with Crippen LogP contribution in [0.2, 0.25) is 5.15 Å². The maximum atomic E-state index is 5.97. The minimum absolute atomic E-state index is 0.327. The molecule has 1 aliphatic rings. The minimum Gasteiger partial charge on any atom is -0.367 e. The number of hydrogen-bond donors (Lipinski definition) is 1. The monoisotopic (exact) mass is 254 g/mol. The first-order chi connectivity index (χ1) is 8.09. The Morgan fingerprint density at radius 3 is 2.65 bits per heavy atom. The molecule has 1 aromatic rings. The Labute approximate surface area is 107 Å². The van der Waals surface area contributed by atoms with Gasteiger partial charge in [0, 0.05) is 18.9 Å². The number of piperidine rings is 1. The van der Waals surface area contributed by atoms with E-state index in [9.17, 15) is 0 Å². The van der Waals surface area contributed by atoms with Crippen LogP contribution in [-0.2, 0) is 0 Å². The van der Waals surface area contributed by atoms with Gasteiger partial charge in [-0.2, -0.15) is 0 Å². The SMILES string of the molecule is CN1CCC(C)(CNc2nccnc2Cl)CC1. The van der Waals surface area contributed by atoms with Gasteiger partial charge in [0.25, 0.3) is 0 Å². The van der Waals surface area contributed by atoms with Crippen LogP contribution in [0.1, 0.15) is 19.8 Å². The van der Waals surface area contributed by atoms with Gasteiger partial charge in [0.1, 0.15) is 0 Å². The predicted octanol–water partition coefficient (Wildman–Crippen LogP) is 2.27. The Morgan fingerprint density at radius 1 is 1.35 bits per heavy atom. The standard InChI is InChI=1S/C12H19ClN4/c1-12(3-7-17(2)8-4-12)9-16-11-10(13)14-5-6-15-11/h5-6H,3-4,7-9H2,1-2H3,(H,15,16). The first kappa shape index (κ1) is 12.6. The van der Waals surface area contributed by atoms with Gasteiger partial charge < -0.3 is 10.2 Å². The van der Waals surface area contributed by atoms with Crippen molar-refractivity contribution in [3.05, 3.63) is 17.5 Å². The van der Waals surface area contributed by atoms with E-state index >= 15 is 0 Å². The molecular weight excluding hydrogens is 236 g/mol. The van der Waals surface area contributed by atoms with Crippen LogP contribution in [0.4, 0.5) is 5.82 Å². The molecule has 0 spiro atoms. The van der Waals surface area contributed by atoms with Crippen molar-refractivity contribution in [2.24, 2.45) is 5.41 Å². The molecule has 0 saturated carbocycles. The summed E-state index contributed by atoms with van der Waals surface area (Å²) in [6.07, 6.45) is 5.67. The van der Waals surface area contributed by atoms with Gasteiger partial charge in [-0.3, -0.25) is 0 Å². The van der Waals surface area contributed by atoms with Crippen LogP contribution in [0.25, 0.3) is 0 Å². The molecule has 0 amide bonds. The van der Waals surface area contributed by atoms with Crippen LogP contribution in [-0.4, -0.2) is 41.5 Å². The highest BCUT2D eigenvalue weighted by molar-refractivity contribution is 6.31. The highest BCUT2D eigenvalue weighted by atomic mass is 35.5. The second-order valence-corrected chi connectivity index (χ2v) is 5.52. The molecule has 1 fully saturated rings. The van der Waals surface area contributed by atoms with Crippen molar-refractivity contribution in [1.29, 1.82) is 0 Å². The highest BCUT2D eigenvalue weighted by Crippen LogP contribution is 2.30. The number of hydrogen-bond acceptors (Lipinski definition) is 4. The van der Waals surface area contributed by atoms with E-state index in [4.69, 9.17) is 11.6 Å². The minimum atomic E-state index is 0.327. The van der Waals surface area contributed by atoms with Gasteiger partial charge in [0.2, 0.25) is 0 Å². The van der Waals surface area contributed by atoms with E-state index < -0.39 is 0 Å². The van der Waals surface area contributed by atoms with Gasteiger partial charge in [-0.25, -0.2) is 9.97 Å². The first-order valence-electron chi connectivity index (χ1n) is 5.98. The fourth-order valence-electron chi connectivity index (χ4n) is 2.07. The van der Waals surface area contributed by atoms with Crippen LogP contribution in [0.5, 0.6) is 0 Å². The van der Waals surface area contributed by atoms with E-state index in [2.05, 4.69) is 34.2 Å². The van der Waals surface area contributed by atoms with Crippen molar-refractivity contribution in [2.75, 3.05) is 32.0 Å². The molecule has 1 aliphatic heterocycles. The number of nitrogens with zero attached hydrogens (tertiary/aromatic N) is 3. The van der Waals surface area contributed by atoms with E-state index in [1.54, 1.807) is 12.4 Å². The van der Waals surface area contributed by atoms with E-state index in [0.717, 1.165) is 19.6 Å². The Hall–Kier alpha value is -0.870. The number of likely N-dealkylation sites (tertiary alicyclic amines) is 1. The molecule has 0 radical (unpaired) electrons. The summed E-state index contributed by atoms with van der Waals surface area (Å²) in [5.74, 6) is 0.689. The zero-order chi connectivity index (χ0) is 12.3. The third-order valence-electron chi connectivity index (χ3n) is 3.53. The van der Waals surface area contributed by atoms with Crippen LogP contribution in [0, 0.1) is 5.41 Å². The molecule has 1 aromatic heterocycles. The van der Waals surface area contributed by atoms with Crippen molar-refractivity contribution >= 4 is 17.4 Å². The molecule has 0 unspecified atom stereocenters. The molecule has 2 heterocycles. The van der Waals surface area contributed by atoms with Gasteiger partial charge in [-0.05, 0) is 38.4 Å². The highest BCUT2D eigenvalue weighted by Gasteiger charge is 2.28. The first-order valence-corrected chi connectivity index (χ1v) is 6.36. The fraction of sp³-hybridized carbons (Fsp3) is 0.667. The Balaban J connectivity index is 1.92. The van der Waals surface area contributed by atoms with E-state index in [1.165, 1.54) is 12.8 Å². The molecule has 0 atom stereocenters. The molecule has 0 aromatic carbocycles. The van der Waals surface area contributed by atoms with Crippen molar-refractivity contribution in [1.82, 2.24) is 14.9 Å². The molecule has 2 rings (SSSR count). The lowest BCUT2D eigenvalue weighted by atomic mass is 9.80. The number of nitrogens with one attached hydrogen (secondary N) is 1. The summed E-state index contributed by atoms with van der Waals surface area (Å²) < 4.78 is 0. The molecule has 0 aliphatic carbocycles. The Bertz CT molecular complexity index is 375. The quantitative estimate of drug-likeness (QED) is 0.899. The van der Waals surface area contributed by atoms with Gasteiger partial charge in [-0.15, -0.1) is 0 Å². The summed E-state index contributed by atoms with van der Waals surface area (Å²) >= 11 is 5.97. The topological polar surface area (TPSA) is 41.0 Å². The lowest BCUT2D eigenvalue weighted by molar-refractivity contribution is 0.150. The van der Waals surface area contributed by atoms with E-state index in [-0.39, 0.29) is 0 Å².